The molecule has 2 nitrogen and oxygen atoms in total. The van der Waals surface area contributed by atoms with Gasteiger partial charge in [-0.15, -0.1) is 12.4 Å². The molecule has 3 heteroatoms. The first-order valence-electron chi connectivity index (χ1n) is 2.46. The van der Waals surface area contributed by atoms with E-state index in [0.717, 1.165) is 6.42 Å². The highest BCUT2D eigenvalue weighted by Crippen LogP contribution is 1.95. The van der Waals surface area contributed by atoms with Gasteiger partial charge in [0.2, 0.25) is 0 Å². The van der Waals surface area contributed by atoms with Gasteiger partial charge in [0.1, 0.15) is 0 Å². The molecule has 0 atom stereocenters. The Morgan fingerprint density at radius 3 is 2.00 bits per heavy atom. The van der Waals surface area contributed by atoms with Gasteiger partial charge in [-0.1, -0.05) is 13.8 Å². The number of nitrogens with two attached hydrogens (primary N) is 1. The first-order chi connectivity index (χ1) is 3.13. The normalized spacial score (nSPS) is 8.38. The molecule has 0 aromatic carbocycles. The quantitative estimate of drug-likeness (QED) is 0.438. The van der Waals surface area contributed by atoms with Crippen molar-refractivity contribution < 1.29 is 0 Å². The Hall–Kier alpha value is -0.240. The van der Waals surface area contributed by atoms with Crippen molar-refractivity contribution in [2.45, 2.75) is 20.3 Å². The molecular weight excluding hydrogens is 124 g/mol. The molecule has 0 spiro atoms. The zero-order valence-corrected chi connectivity index (χ0v) is 6.09. The molecule has 0 aliphatic rings. The molecule has 0 aromatic rings. The van der Waals surface area contributed by atoms with E-state index in [2.05, 4.69) is 0 Å². The molecule has 0 fully saturated rings. The highest BCUT2D eigenvalue weighted by atomic mass is 35.5. The van der Waals surface area contributed by atoms with Crippen LogP contribution in [-0.4, -0.2) is 5.84 Å². The first kappa shape index (κ1) is 10.7. The summed E-state index contributed by atoms with van der Waals surface area (Å²) in [5, 5.41) is 6.80. The summed E-state index contributed by atoms with van der Waals surface area (Å²) >= 11 is 0. The number of amidine groups is 1. The van der Waals surface area contributed by atoms with Gasteiger partial charge in [0.05, 0.1) is 5.84 Å². The van der Waals surface area contributed by atoms with E-state index in [1.807, 2.05) is 13.8 Å². The Balaban J connectivity index is 0. The van der Waals surface area contributed by atoms with Gasteiger partial charge in [0.15, 0.2) is 0 Å². The van der Waals surface area contributed by atoms with Crippen molar-refractivity contribution in [3.05, 3.63) is 0 Å². The lowest BCUT2D eigenvalue weighted by Crippen LogP contribution is -2.11. The van der Waals surface area contributed by atoms with E-state index in [-0.39, 0.29) is 18.2 Å². The predicted octanol–water partition coefficient (Wildman–Crippen LogP) is 1.39. The summed E-state index contributed by atoms with van der Waals surface area (Å²) in [6, 6.07) is 0. The third-order valence-corrected chi connectivity index (χ3v) is 0.628. The third kappa shape index (κ3) is 9.23. The fraction of sp³-hybridized carbons (Fsp3) is 0.800. The fourth-order valence-electron chi connectivity index (χ4n) is 0.440. The van der Waals surface area contributed by atoms with Crippen molar-refractivity contribution in [1.29, 1.82) is 5.41 Å². The van der Waals surface area contributed by atoms with Gasteiger partial charge in [0.25, 0.3) is 0 Å². The lowest BCUT2D eigenvalue weighted by Gasteiger charge is -1.98. The molecule has 0 radical (unpaired) electrons. The van der Waals surface area contributed by atoms with E-state index >= 15 is 0 Å². The summed E-state index contributed by atoms with van der Waals surface area (Å²) in [5.74, 6) is 0.813. The van der Waals surface area contributed by atoms with Gasteiger partial charge in [-0.2, -0.15) is 0 Å². The Labute approximate surface area is 56.4 Å². The fourth-order valence-corrected chi connectivity index (χ4v) is 0.440. The lowest BCUT2D eigenvalue weighted by molar-refractivity contribution is 0.679. The number of rotatable bonds is 2. The Bertz CT molecular complexity index is 70.8. The van der Waals surface area contributed by atoms with E-state index < -0.39 is 0 Å². The van der Waals surface area contributed by atoms with Crippen LogP contribution in [0.25, 0.3) is 0 Å². The molecule has 0 saturated carbocycles. The zero-order valence-electron chi connectivity index (χ0n) is 5.27. The van der Waals surface area contributed by atoms with Crippen molar-refractivity contribution >= 4 is 18.2 Å². The van der Waals surface area contributed by atoms with Gasteiger partial charge in [0, 0.05) is 6.42 Å². The van der Waals surface area contributed by atoms with Crippen molar-refractivity contribution in [2.75, 3.05) is 0 Å². The number of hydrogen-bond donors (Lipinski definition) is 2. The third-order valence-electron chi connectivity index (χ3n) is 0.628. The van der Waals surface area contributed by atoms with Crippen molar-refractivity contribution in [3.63, 3.8) is 0 Å². The summed E-state index contributed by atoms with van der Waals surface area (Å²) in [4.78, 5) is 0. The van der Waals surface area contributed by atoms with Gasteiger partial charge in [-0.3, -0.25) is 5.41 Å². The first-order valence-corrected chi connectivity index (χ1v) is 2.46. The van der Waals surface area contributed by atoms with Crippen LogP contribution in [0.5, 0.6) is 0 Å². The molecule has 0 aromatic heterocycles. The molecule has 0 amide bonds. The van der Waals surface area contributed by atoms with Crippen LogP contribution in [0.4, 0.5) is 0 Å². The van der Waals surface area contributed by atoms with Crippen LogP contribution in [0.3, 0.4) is 0 Å². The summed E-state index contributed by atoms with van der Waals surface area (Å²) in [6.45, 7) is 4.09. The topological polar surface area (TPSA) is 49.9 Å². The Morgan fingerprint density at radius 2 is 2.00 bits per heavy atom. The summed E-state index contributed by atoms with van der Waals surface area (Å²) in [5.41, 5.74) is 5.08. The number of hydrogen-bond acceptors (Lipinski definition) is 1. The molecule has 0 aliphatic heterocycles. The summed E-state index contributed by atoms with van der Waals surface area (Å²) in [7, 11) is 0. The molecule has 0 aliphatic carbocycles. The summed E-state index contributed by atoms with van der Waals surface area (Å²) < 4.78 is 0. The maximum absolute atomic E-state index is 6.80. The molecule has 50 valence electrons. The van der Waals surface area contributed by atoms with Crippen LogP contribution in [0, 0.1) is 11.3 Å². The number of halogens is 1. The maximum atomic E-state index is 6.80. The van der Waals surface area contributed by atoms with Gasteiger partial charge < -0.3 is 5.73 Å². The SMILES string of the molecule is CC(C)CC(=N)N.Cl. The minimum absolute atomic E-state index is 0. The monoisotopic (exact) mass is 136 g/mol. The second-order valence-corrected chi connectivity index (χ2v) is 2.12. The van der Waals surface area contributed by atoms with Crippen LogP contribution in [0.2, 0.25) is 0 Å². The number of nitrogens with one attached hydrogen (secondary N) is 1. The van der Waals surface area contributed by atoms with E-state index in [4.69, 9.17) is 11.1 Å². The van der Waals surface area contributed by atoms with Gasteiger partial charge in [-0.05, 0) is 5.92 Å². The van der Waals surface area contributed by atoms with Gasteiger partial charge >= 0.3 is 0 Å². The average Bonchev–Trinajstić information content (AvgIpc) is 1.27. The Kier molecular flexibility index (Phi) is 6.56. The van der Waals surface area contributed by atoms with E-state index in [1.165, 1.54) is 0 Å². The lowest BCUT2D eigenvalue weighted by atomic mass is 10.1. The molecule has 0 saturated heterocycles. The molecular formula is C5H13ClN2. The summed E-state index contributed by atoms with van der Waals surface area (Å²) in [6.07, 6.45) is 0.722. The zero-order chi connectivity index (χ0) is 5.86. The van der Waals surface area contributed by atoms with Crippen molar-refractivity contribution in [1.82, 2.24) is 0 Å². The second-order valence-electron chi connectivity index (χ2n) is 2.12. The van der Waals surface area contributed by atoms with Crippen LogP contribution in [-0.2, 0) is 0 Å². The predicted molar refractivity (Wildman–Crippen MR) is 38.6 cm³/mol. The average molecular weight is 137 g/mol. The van der Waals surface area contributed by atoms with Crippen molar-refractivity contribution in [3.8, 4) is 0 Å². The smallest absolute Gasteiger partial charge is 0.0907 e. The largest absolute Gasteiger partial charge is 0.388 e. The molecule has 0 heterocycles. The van der Waals surface area contributed by atoms with Crippen LogP contribution in [0.15, 0.2) is 0 Å². The van der Waals surface area contributed by atoms with Gasteiger partial charge in [-0.25, -0.2) is 0 Å². The molecule has 0 bridgehead atoms. The van der Waals surface area contributed by atoms with E-state index in [9.17, 15) is 0 Å². The molecule has 0 rings (SSSR count). The van der Waals surface area contributed by atoms with E-state index in [1.54, 1.807) is 0 Å². The van der Waals surface area contributed by atoms with Crippen LogP contribution >= 0.6 is 12.4 Å². The highest BCUT2D eigenvalue weighted by molar-refractivity contribution is 5.85. The second kappa shape index (κ2) is 4.91. The van der Waals surface area contributed by atoms with E-state index in [0.29, 0.717) is 5.92 Å². The molecule has 3 N–H and O–H groups in total. The minimum Gasteiger partial charge on any atom is -0.388 e. The van der Waals surface area contributed by atoms with Crippen LogP contribution in [0.1, 0.15) is 20.3 Å². The Morgan fingerprint density at radius 1 is 1.62 bits per heavy atom. The molecule has 0 unspecified atom stereocenters. The maximum Gasteiger partial charge on any atom is 0.0907 e. The highest BCUT2D eigenvalue weighted by Gasteiger charge is 1.92. The van der Waals surface area contributed by atoms with Crippen LogP contribution < -0.4 is 5.73 Å². The van der Waals surface area contributed by atoms with Crippen molar-refractivity contribution in [2.24, 2.45) is 11.7 Å². The minimum atomic E-state index is 0. The molecule has 8 heavy (non-hydrogen) atoms. The standard InChI is InChI=1S/C5H12N2.ClH/c1-4(2)3-5(6)7;/h4H,3H2,1-2H3,(H3,6,7);1H.